The predicted molar refractivity (Wildman–Crippen MR) is 70.5 cm³/mol. The van der Waals surface area contributed by atoms with E-state index in [1.807, 2.05) is 48.5 Å². The van der Waals surface area contributed by atoms with Crippen LogP contribution in [0.15, 0.2) is 48.5 Å². The summed E-state index contributed by atoms with van der Waals surface area (Å²) in [6, 6.07) is 15.6. The van der Waals surface area contributed by atoms with Gasteiger partial charge < -0.3 is 16.4 Å². The number of nitrogen functional groups attached to an aromatic ring is 2. The van der Waals surface area contributed by atoms with Gasteiger partial charge in [-0.25, -0.2) is 4.57 Å². The average Bonchev–Trinajstić information content (AvgIpc) is 2.32. The first-order chi connectivity index (χ1) is 8.17. The van der Waals surface area contributed by atoms with Crippen molar-refractivity contribution in [2.24, 2.45) is 0 Å². The second-order valence-electron chi connectivity index (χ2n) is 3.33. The molecule has 0 bridgehead atoms. The Morgan fingerprint density at radius 1 is 0.765 bits per heavy atom. The van der Waals surface area contributed by atoms with Gasteiger partial charge in [0, 0.05) is 11.4 Å². The number of hydrogen-bond acceptors (Lipinski definition) is 3. The monoisotopic (exact) mass is 248 g/mol. The molecule has 0 heterocycles. The third-order valence-corrected chi connectivity index (χ3v) is 2.15. The van der Waals surface area contributed by atoms with Crippen LogP contribution in [0, 0.1) is 0 Å². The summed E-state index contributed by atoms with van der Waals surface area (Å²) in [5.41, 5.74) is 15.1. The van der Waals surface area contributed by atoms with Crippen LogP contribution in [-0.2, 0) is 4.57 Å². The summed E-state index contributed by atoms with van der Waals surface area (Å²) in [4.78, 5) is 6.99. The van der Waals surface area contributed by atoms with Crippen LogP contribution < -0.4 is 11.5 Å². The normalized spacial score (nSPS) is 9.47. The van der Waals surface area contributed by atoms with Crippen molar-refractivity contribution in [1.82, 2.24) is 0 Å². The van der Waals surface area contributed by atoms with Crippen LogP contribution in [0.3, 0.4) is 0 Å². The molecule has 0 spiro atoms. The Morgan fingerprint density at radius 3 is 1.24 bits per heavy atom. The van der Waals surface area contributed by atoms with E-state index in [0.717, 1.165) is 22.5 Å². The van der Waals surface area contributed by atoms with Gasteiger partial charge in [0.15, 0.2) is 0 Å². The lowest BCUT2D eigenvalue weighted by molar-refractivity contribution is 0.524. The van der Waals surface area contributed by atoms with E-state index in [1.54, 1.807) is 0 Å². The molecule has 17 heavy (non-hydrogen) atoms. The van der Waals surface area contributed by atoms with Gasteiger partial charge >= 0.3 is 8.69 Å². The van der Waals surface area contributed by atoms with Crippen molar-refractivity contribution in [3.05, 3.63) is 48.5 Å². The first-order valence-corrected chi connectivity index (χ1v) is 5.62. The van der Waals surface area contributed by atoms with Gasteiger partial charge in [-0.1, -0.05) is 24.3 Å². The van der Waals surface area contributed by atoms with E-state index in [-0.39, 0.29) is 0 Å². The molecule has 0 saturated carbocycles. The molecule has 0 saturated heterocycles. The third-order valence-electron chi connectivity index (χ3n) is 2.15. The zero-order valence-corrected chi connectivity index (χ0v) is 9.97. The third kappa shape index (κ3) is 4.23. The first kappa shape index (κ1) is 13.2. The highest BCUT2D eigenvalue weighted by atomic mass is 31.1. The summed E-state index contributed by atoms with van der Waals surface area (Å²) >= 11 is 0. The number of rotatable bonds is 1. The van der Waals surface area contributed by atoms with Gasteiger partial charge in [-0.15, -0.1) is 0 Å². The molecule has 0 fully saturated rings. The molecule has 4 nitrogen and oxygen atoms in total. The predicted octanol–water partition coefficient (Wildman–Crippen LogP) is 2.70. The highest BCUT2D eigenvalue weighted by molar-refractivity contribution is 7.16. The van der Waals surface area contributed by atoms with Crippen molar-refractivity contribution in [3.63, 3.8) is 0 Å². The van der Waals surface area contributed by atoms with Gasteiger partial charge in [0.1, 0.15) is 0 Å². The largest absolute Gasteiger partial charge is 0.399 e. The van der Waals surface area contributed by atoms with Gasteiger partial charge in [0.05, 0.1) is 0 Å². The molecular formula is C12H13N2O2P. The van der Waals surface area contributed by atoms with E-state index >= 15 is 0 Å². The average molecular weight is 248 g/mol. The van der Waals surface area contributed by atoms with Crippen LogP contribution in [-0.4, -0.2) is 4.89 Å². The molecule has 2 aromatic carbocycles. The SMILES string of the molecule is Nc1ccc(-c2ccc(N)cc2)cc1.O=PO. The molecule has 5 N–H and O–H groups in total. The van der Waals surface area contributed by atoms with Gasteiger partial charge in [0.25, 0.3) is 0 Å². The molecule has 0 amide bonds. The molecule has 0 atom stereocenters. The van der Waals surface area contributed by atoms with Crippen molar-refractivity contribution in [1.29, 1.82) is 0 Å². The molecule has 2 rings (SSSR count). The molecular weight excluding hydrogens is 235 g/mol. The fourth-order valence-corrected chi connectivity index (χ4v) is 1.35. The molecule has 0 radical (unpaired) electrons. The number of anilines is 2. The molecule has 0 aliphatic carbocycles. The summed E-state index contributed by atoms with van der Waals surface area (Å²) in [7, 11) is -0.833. The number of benzene rings is 2. The Hall–Kier alpha value is -1.90. The minimum atomic E-state index is -0.833. The van der Waals surface area contributed by atoms with E-state index in [0.29, 0.717) is 0 Å². The van der Waals surface area contributed by atoms with E-state index in [9.17, 15) is 0 Å². The summed E-state index contributed by atoms with van der Waals surface area (Å²) in [6.45, 7) is 0. The minimum Gasteiger partial charge on any atom is -0.399 e. The zero-order valence-electron chi connectivity index (χ0n) is 9.08. The van der Waals surface area contributed by atoms with Crippen molar-refractivity contribution in [2.75, 3.05) is 11.5 Å². The lowest BCUT2D eigenvalue weighted by Gasteiger charge is -2.02. The standard InChI is InChI=1S/C12H12N2.HO2P/c13-11-5-1-9(2-6-11)10-3-7-12(14)8-4-10;1-3-2/h1-8H,13-14H2;(H,1,2). The Kier molecular flexibility index (Phi) is 5.14. The number of nitrogens with two attached hydrogens (primary N) is 2. The van der Waals surface area contributed by atoms with E-state index in [2.05, 4.69) is 0 Å². The molecule has 0 aliphatic rings. The van der Waals surface area contributed by atoms with E-state index in [1.165, 1.54) is 0 Å². The summed E-state index contributed by atoms with van der Waals surface area (Å²) in [6.07, 6.45) is 0. The Bertz CT molecular complexity index is 425. The van der Waals surface area contributed by atoms with Crippen LogP contribution in [0.2, 0.25) is 0 Å². The van der Waals surface area contributed by atoms with Crippen LogP contribution in [0.4, 0.5) is 11.4 Å². The van der Waals surface area contributed by atoms with Gasteiger partial charge in [-0.2, -0.15) is 0 Å². The molecule has 0 aromatic heterocycles. The number of hydrogen-bond donors (Lipinski definition) is 3. The van der Waals surface area contributed by atoms with E-state index < -0.39 is 8.69 Å². The second kappa shape index (κ2) is 6.63. The molecule has 0 aliphatic heterocycles. The maximum absolute atomic E-state index is 8.46. The van der Waals surface area contributed by atoms with Crippen molar-refractivity contribution in [3.8, 4) is 11.1 Å². The highest BCUT2D eigenvalue weighted by Crippen LogP contribution is 2.21. The van der Waals surface area contributed by atoms with Gasteiger partial charge in [-0.3, -0.25) is 0 Å². The maximum Gasteiger partial charge on any atom is 0.324 e. The van der Waals surface area contributed by atoms with Crippen LogP contribution in [0.25, 0.3) is 11.1 Å². The first-order valence-electron chi connectivity index (χ1n) is 4.85. The Morgan fingerprint density at radius 2 is 1.00 bits per heavy atom. The molecule has 2 aromatic rings. The maximum atomic E-state index is 8.46. The van der Waals surface area contributed by atoms with Crippen molar-refractivity contribution >= 4 is 20.1 Å². The minimum absolute atomic E-state index is 0.782. The Balaban J connectivity index is 0.000000437. The zero-order chi connectivity index (χ0) is 12.7. The van der Waals surface area contributed by atoms with Crippen molar-refractivity contribution in [2.45, 2.75) is 0 Å². The lowest BCUT2D eigenvalue weighted by Crippen LogP contribution is -1.85. The van der Waals surface area contributed by atoms with Gasteiger partial charge in [-0.05, 0) is 35.4 Å². The molecule has 88 valence electrons. The topological polar surface area (TPSA) is 89.3 Å². The van der Waals surface area contributed by atoms with Crippen molar-refractivity contribution < 1.29 is 9.46 Å². The summed E-state index contributed by atoms with van der Waals surface area (Å²) in [5, 5.41) is 0. The smallest absolute Gasteiger partial charge is 0.324 e. The molecule has 0 unspecified atom stereocenters. The second-order valence-corrected chi connectivity index (χ2v) is 3.49. The van der Waals surface area contributed by atoms with Crippen LogP contribution in [0.1, 0.15) is 0 Å². The lowest BCUT2D eigenvalue weighted by atomic mass is 10.1. The quantitative estimate of drug-likeness (QED) is 0.534. The highest BCUT2D eigenvalue weighted by Gasteiger charge is 1.95. The fourth-order valence-electron chi connectivity index (χ4n) is 1.35. The van der Waals surface area contributed by atoms with Crippen LogP contribution in [0.5, 0.6) is 0 Å². The molecule has 5 heteroatoms. The van der Waals surface area contributed by atoms with E-state index in [4.69, 9.17) is 20.9 Å². The van der Waals surface area contributed by atoms with Gasteiger partial charge in [0.2, 0.25) is 0 Å². The van der Waals surface area contributed by atoms with Crippen LogP contribution >= 0.6 is 8.69 Å². The fraction of sp³-hybridized carbons (Fsp3) is 0. The summed E-state index contributed by atoms with van der Waals surface area (Å²) in [5.74, 6) is 0. The summed E-state index contributed by atoms with van der Waals surface area (Å²) < 4.78 is 8.46. The Labute approximate surface area is 101 Å².